The molecular weight excluding hydrogens is 417 g/mol. The van der Waals surface area contributed by atoms with Gasteiger partial charge in [-0.3, -0.25) is 15.0 Å². The minimum Gasteiger partial charge on any atom is -0.506 e. The Morgan fingerprint density at radius 3 is 2.72 bits per heavy atom. The Bertz CT molecular complexity index is 802. The summed E-state index contributed by atoms with van der Waals surface area (Å²) < 4.78 is 0. The molecule has 4 unspecified atom stereocenters. The van der Waals surface area contributed by atoms with E-state index in [-0.39, 0.29) is 27.7 Å². The zero-order valence-corrected chi connectivity index (χ0v) is 17.4. The number of hydrogen-bond acceptors (Lipinski definition) is 6. The molecule has 3 N–H and O–H groups in total. The van der Waals surface area contributed by atoms with E-state index in [1.165, 1.54) is 6.07 Å². The minimum absolute atomic E-state index is 0.0273. The molecule has 29 heavy (non-hydrogen) atoms. The molecule has 3 rings (SSSR count). The number of nitrogens with one attached hydrogen (secondary N) is 1. The third kappa shape index (κ3) is 5.85. The van der Waals surface area contributed by atoms with Gasteiger partial charge in [0.15, 0.2) is 0 Å². The molecule has 0 aromatic heterocycles. The predicted octanol–water partition coefficient (Wildman–Crippen LogP) is 3.35. The number of dihydropyridines is 1. The largest absolute Gasteiger partial charge is 0.506 e. The first-order valence-electron chi connectivity index (χ1n) is 9.63. The summed E-state index contributed by atoms with van der Waals surface area (Å²) in [4.78, 5) is 13.1. The summed E-state index contributed by atoms with van der Waals surface area (Å²) in [6.07, 6.45) is 8.29. The van der Waals surface area contributed by atoms with Gasteiger partial charge < -0.3 is 15.5 Å². The monoisotopic (exact) mass is 441 g/mol. The fourth-order valence-corrected chi connectivity index (χ4v) is 4.54. The Hall–Kier alpha value is -1.80. The van der Waals surface area contributed by atoms with Crippen LogP contribution in [0.1, 0.15) is 24.8 Å². The van der Waals surface area contributed by atoms with Gasteiger partial charge in [-0.2, -0.15) is 0 Å². The molecule has 1 aromatic rings. The van der Waals surface area contributed by atoms with Crippen LogP contribution in [0, 0.1) is 16.0 Å². The smallest absolute Gasteiger partial charge is 0.213 e. The molecule has 1 aliphatic heterocycles. The first-order chi connectivity index (χ1) is 13.8. The van der Waals surface area contributed by atoms with E-state index in [1.807, 2.05) is 24.4 Å². The van der Waals surface area contributed by atoms with Crippen LogP contribution in [-0.4, -0.2) is 51.3 Å². The lowest BCUT2D eigenvalue weighted by molar-refractivity contribution is -0.529. The van der Waals surface area contributed by atoms with Crippen LogP contribution in [0.3, 0.4) is 0 Å². The van der Waals surface area contributed by atoms with E-state index in [1.54, 1.807) is 6.07 Å². The first-order valence-corrected chi connectivity index (χ1v) is 10.4. The number of rotatable bonds is 7. The Labute approximate surface area is 179 Å². The number of allylic oxidation sites excluding steroid dienone is 2. The molecule has 1 aliphatic carbocycles. The SMILES string of the molecule is O=[N+]([O-])C1CCC(O)C(CN(Cc2cc(Cl)cc(Cl)c2O)CC2C=CC=CN2)C1. The Kier molecular flexibility index (Phi) is 7.40. The van der Waals surface area contributed by atoms with Crippen molar-refractivity contribution in [2.24, 2.45) is 5.92 Å². The van der Waals surface area contributed by atoms with Gasteiger partial charge in [0.2, 0.25) is 6.04 Å². The number of phenolic OH excluding ortho intramolecular Hbond substituents is 1. The Balaban J connectivity index is 1.78. The Morgan fingerprint density at radius 1 is 1.24 bits per heavy atom. The quantitative estimate of drug-likeness (QED) is 0.443. The highest BCUT2D eigenvalue weighted by atomic mass is 35.5. The number of nitrogens with zero attached hydrogens (tertiary/aromatic N) is 2. The fraction of sp³-hybridized carbons (Fsp3) is 0.500. The number of halogens is 2. The van der Waals surface area contributed by atoms with Gasteiger partial charge >= 0.3 is 0 Å². The number of benzene rings is 1. The summed E-state index contributed by atoms with van der Waals surface area (Å²) in [5.74, 6) is -0.250. The average molecular weight is 442 g/mol. The lowest BCUT2D eigenvalue weighted by Gasteiger charge is -2.35. The van der Waals surface area contributed by atoms with Crippen LogP contribution in [0.15, 0.2) is 36.6 Å². The fourth-order valence-electron chi connectivity index (χ4n) is 4.01. The van der Waals surface area contributed by atoms with Crippen LogP contribution in [-0.2, 0) is 6.54 Å². The molecule has 1 saturated carbocycles. The molecule has 0 radical (unpaired) electrons. The van der Waals surface area contributed by atoms with Crippen LogP contribution in [0.2, 0.25) is 10.0 Å². The molecule has 2 aliphatic rings. The summed E-state index contributed by atoms with van der Waals surface area (Å²) in [5, 5.41) is 35.9. The third-order valence-corrected chi connectivity index (χ3v) is 6.03. The normalized spacial score (nSPS) is 26.5. The maximum atomic E-state index is 11.2. The average Bonchev–Trinajstić information content (AvgIpc) is 2.68. The van der Waals surface area contributed by atoms with Gasteiger partial charge in [0.05, 0.1) is 17.2 Å². The summed E-state index contributed by atoms with van der Waals surface area (Å²) >= 11 is 12.2. The van der Waals surface area contributed by atoms with Crippen molar-refractivity contribution in [3.05, 3.63) is 62.3 Å². The van der Waals surface area contributed by atoms with E-state index in [9.17, 15) is 20.3 Å². The van der Waals surface area contributed by atoms with Gasteiger partial charge in [-0.15, -0.1) is 0 Å². The summed E-state index contributed by atoms with van der Waals surface area (Å²) in [7, 11) is 0. The number of aromatic hydroxyl groups is 1. The number of hydrogen-bond donors (Lipinski definition) is 3. The van der Waals surface area contributed by atoms with E-state index in [0.29, 0.717) is 49.5 Å². The molecule has 158 valence electrons. The molecular formula is C20H25Cl2N3O4. The number of aliphatic hydroxyl groups is 1. The maximum Gasteiger partial charge on any atom is 0.213 e. The predicted molar refractivity (Wildman–Crippen MR) is 113 cm³/mol. The van der Waals surface area contributed by atoms with Crippen LogP contribution in [0.5, 0.6) is 5.75 Å². The lowest BCUT2D eigenvalue weighted by atomic mass is 9.83. The summed E-state index contributed by atoms with van der Waals surface area (Å²) in [6, 6.07) is 2.56. The molecule has 0 spiro atoms. The zero-order chi connectivity index (χ0) is 21.0. The molecule has 9 heteroatoms. The van der Waals surface area contributed by atoms with Crippen molar-refractivity contribution in [3.63, 3.8) is 0 Å². The van der Waals surface area contributed by atoms with Crippen molar-refractivity contribution >= 4 is 23.2 Å². The molecule has 1 fully saturated rings. The number of phenols is 1. The van der Waals surface area contributed by atoms with Crippen LogP contribution >= 0.6 is 23.2 Å². The van der Waals surface area contributed by atoms with Crippen LogP contribution < -0.4 is 5.32 Å². The number of nitro groups is 1. The molecule has 4 atom stereocenters. The standard InChI is InChI=1S/C20H25Cl2N3O4/c21-15-7-14(20(27)18(22)9-15)11-24(12-16-3-1-2-6-23-16)10-13-8-17(25(28)29)4-5-19(13)26/h1-3,6-7,9,13,16-17,19,23,26-27H,4-5,8,10-12H2. The summed E-state index contributed by atoms with van der Waals surface area (Å²) in [6.45, 7) is 1.41. The molecule has 0 bridgehead atoms. The van der Waals surface area contributed by atoms with Gasteiger partial charge in [-0.25, -0.2) is 0 Å². The van der Waals surface area contributed by atoms with Crippen molar-refractivity contribution in [1.29, 1.82) is 0 Å². The van der Waals surface area contributed by atoms with Crippen molar-refractivity contribution in [2.75, 3.05) is 13.1 Å². The molecule has 1 aromatic carbocycles. The second kappa shape index (κ2) is 9.80. The highest BCUT2D eigenvalue weighted by Gasteiger charge is 2.36. The van der Waals surface area contributed by atoms with E-state index in [4.69, 9.17) is 23.2 Å². The van der Waals surface area contributed by atoms with Crippen molar-refractivity contribution in [3.8, 4) is 5.75 Å². The second-order valence-electron chi connectivity index (χ2n) is 7.69. The van der Waals surface area contributed by atoms with Crippen LogP contribution in [0.4, 0.5) is 0 Å². The topological polar surface area (TPSA) is 98.9 Å². The Morgan fingerprint density at radius 2 is 2.03 bits per heavy atom. The van der Waals surface area contributed by atoms with Crippen molar-refractivity contribution < 1.29 is 15.1 Å². The van der Waals surface area contributed by atoms with Crippen LogP contribution in [0.25, 0.3) is 0 Å². The minimum atomic E-state index is -0.630. The van der Waals surface area contributed by atoms with Gasteiger partial charge in [0.25, 0.3) is 0 Å². The van der Waals surface area contributed by atoms with Gasteiger partial charge in [0, 0.05) is 53.9 Å². The van der Waals surface area contributed by atoms with Gasteiger partial charge in [-0.1, -0.05) is 35.4 Å². The highest BCUT2D eigenvalue weighted by Crippen LogP contribution is 2.33. The van der Waals surface area contributed by atoms with Crippen molar-refractivity contribution in [1.82, 2.24) is 10.2 Å². The van der Waals surface area contributed by atoms with E-state index >= 15 is 0 Å². The van der Waals surface area contributed by atoms with E-state index in [2.05, 4.69) is 10.2 Å². The van der Waals surface area contributed by atoms with Gasteiger partial charge in [-0.05, 0) is 30.8 Å². The summed E-state index contributed by atoms with van der Waals surface area (Å²) in [5.41, 5.74) is 0.578. The maximum absolute atomic E-state index is 11.2. The highest BCUT2D eigenvalue weighted by molar-refractivity contribution is 6.35. The zero-order valence-electron chi connectivity index (χ0n) is 15.9. The first kappa shape index (κ1) is 21.9. The third-order valence-electron chi connectivity index (χ3n) is 5.52. The molecule has 7 nitrogen and oxygen atoms in total. The number of aliphatic hydroxyl groups excluding tert-OH is 1. The molecule has 0 saturated heterocycles. The van der Waals surface area contributed by atoms with Gasteiger partial charge in [0.1, 0.15) is 5.75 Å². The lowest BCUT2D eigenvalue weighted by Crippen LogP contribution is -2.45. The van der Waals surface area contributed by atoms with E-state index < -0.39 is 12.1 Å². The molecule has 1 heterocycles. The van der Waals surface area contributed by atoms with Crippen molar-refractivity contribution in [2.45, 2.75) is 44.0 Å². The van der Waals surface area contributed by atoms with E-state index in [0.717, 1.165) is 0 Å². The second-order valence-corrected chi connectivity index (χ2v) is 8.53. The molecule has 0 amide bonds.